The fourth-order valence-corrected chi connectivity index (χ4v) is 8.15. The zero-order valence-corrected chi connectivity index (χ0v) is 31.2. The average Bonchev–Trinajstić information content (AvgIpc) is 3.80. The number of para-hydroxylation sites is 3. The summed E-state index contributed by atoms with van der Waals surface area (Å²) in [7, 11) is 0. The van der Waals surface area contributed by atoms with Gasteiger partial charge in [0.25, 0.3) is 11.5 Å². The Morgan fingerprint density at radius 1 is 0.583 bits per heavy atom. The lowest BCUT2D eigenvalue weighted by molar-refractivity contribution is 0.102. The first-order chi connectivity index (χ1) is 29.3. The van der Waals surface area contributed by atoms with E-state index in [-0.39, 0.29) is 39.8 Å². The summed E-state index contributed by atoms with van der Waals surface area (Å²) in [6, 6.07) is 42.4. The van der Waals surface area contributed by atoms with Crippen LogP contribution in [0.2, 0.25) is 0 Å². The number of rotatable bonds is 6. The number of benzene rings is 8. The second-order valence-electron chi connectivity index (χ2n) is 14.4. The van der Waals surface area contributed by atoms with E-state index in [0.29, 0.717) is 82.9 Å². The monoisotopic (exact) mass is 781 g/mol. The van der Waals surface area contributed by atoms with Gasteiger partial charge in [-0.25, -0.2) is 4.98 Å². The zero-order valence-electron chi connectivity index (χ0n) is 31.2. The minimum atomic E-state index is -0.503. The van der Waals surface area contributed by atoms with Gasteiger partial charge in [0.15, 0.2) is 11.5 Å². The molecule has 2 aromatic heterocycles. The first-order valence-electron chi connectivity index (χ1n) is 18.9. The second kappa shape index (κ2) is 13.2. The molecule has 0 saturated carbocycles. The number of nitrogens with one attached hydrogen (secondary N) is 1. The molecule has 12 nitrogen and oxygen atoms in total. The quantitative estimate of drug-likeness (QED) is 0.142. The number of carbonyl (C=O) groups excluding carboxylic acids is 2. The third kappa shape index (κ3) is 5.32. The van der Waals surface area contributed by atoms with Gasteiger partial charge in [-0.2, -0.15) is 10.2 Å². The molecule has 1 amide bonds. The molecule has 11 rings (SSSR count). The number of hydrogen-bond donors (Lipinski definition) is 3. The molecule has 0 spiro atoms. The van der Waals surface area contributed by atoms with E-state index in [1.165, 1.54) is 6.07 Å². The van der Waals surface area contributed by atoms with Crippen molar-refractivity contribution in [3.05, 3.63) is 173 Å². The van der Waals surface area contributed by atoms with Crippen LogP contribution in [0.1, 0.15) is 26.3 Å². The maximum Gasteiger partial charge on any atom is 0.264 e. The molecule has 1 aliphatic carbocycles. The van der Waals surface area contributed by atoms with Crippen LogP contribution in [-0.2, 0) is 0 Å². The van der Waals surface area contributed by atoms with E-state index < -0.39 is 5.91 Å². The predicted octanol–water partition coefficient (Wildman–Crippen LogP) is 11.5. The van der Waals surface area contributed by atoms with Crippen molar-refractivity contribution in [1.82, 2.24) is 9.38 Å². The topological polar surface area (TPSA) is 170 Å². The molecule has 0 saturated heterocycles. The first-order valence-corrected chi connectivity index (χ1v) is 18.9. The number of carbonyl (C=O) groups is 2. The van der Waals surface area contributed by atoms with Crippen LogP contribution in [0.3, 0.4) is 0 Å². The molecule has 0 bridgehead atoms. The maximum absolute atomic E-state index is 13.9. The molecule has 1 aliphatic rings. The number of ketones is 1. The van der Waals surface area contributed by atoms with E-state index >= 15 is 0 Å². The Balaban J connectivity index is 0.909. The van der Waals surface area contributed by atoms with Gasteiger partial charge in [0.05, 0.1) is 33.4 Å². The molecule has 10 aromatic rings. The van der Waals surface area contributed by atoms with Gasteiger partial charge in [0.2, 0.25) is 0 Å². The molecule has 8 aromatic carbocycles. The number of aromatic hydroxyl groups is 2. The molecule has 0 aliphatic heterocycles. The Labute approximate surface area is 338 Å². The van der Waals surface area contributed by atoms with Gasteiger partial charge < -0.3 is 15.5 Å². The fraction of sp³-hybridized carbons (Fsp3) is 0. The number of phenols is 2. The standard InChI is InChI=1S/C48H27N7O5/c56-40-24-36-41-32(13-8-14-33(41)46-50-38-15-6-7-16-39(38)55(46)48(36)60)42(40)53-51-27-17-19-30-31-20-18-28(23-35(31)44(57)34(30)22-27)52-54-43-29-12-5-4-9-25(29)21-37(45(43)58)47(59)49-26-10-2-1-3-11-26/h1-24,56,58H,(H,49,59). The van der Waals surface area contributed by atoms with E-state index in [9.17, 15) is 24.6 Å². The van der Waals surface area contributed by atoms with Crippen LogP contribution in [0.15, 0.2) is 171 Å². The molecule has 0 atom stereocenters. The zero-order chi connectivity index (χ0) is 40.6. The number of nitrogens with zero attached hydrogens (tertiary/aromatic N) is 6. The van der Waals surface area contributed by atoms with Gasteiger partial charge in [0.1, 0.15) is 22.8 Å². The highest BCUT2D eigenvalue weighted by atomic mass is 16.3. The summed E-state index contributed by atoms with van der Waals surface area (Å²) in [6.07, 6.45) is 0. The summed E-state index contributed by atoms with van der Waals surface area (Å²) in [6.45, 7) is 0. The first kappa shape index (κ1) is 34.6. The lowest BCUT2D eigenvalue weighted by Gasteiger charge is -2.11. The van der Waals surface area contributed by atoms with Gasteiger partial charge in [-0.15, -0.1) is 10.2 Å². The molecule has 60 heavy (non-hydrogen) atoms. The third-order valence-corrected chi connectivity index (χ3v) is 10.9. The summed E-state index contributed by atoms with van der Waals surface area (Å²) in [5.74, 6) is -1.29. The summed E-state index contributed by atoms with van der Waals surface area (Å²) in [4.78, 5) is 45.7. The van der Waals surface area contributed by atoms with Crippen molar-refractivity contribution in [1.29, 1.82) is 0 Å². The number of phenolic OH excluding ortho intramolecular Hbond substituents is 2. The minimum Gasteiger partial charge on any atom is -0.506 e. The Morgan fingerprint density at radius 3 is 2.00 bits per heavy atom. The molecule has 0 fully saturated rings. The van der Waals surface area contributed by atoms with Crippen LogP contribution in [0.25, 0.3) is 60.1 Å². The molecule has 0 unspecified atom stereocenters. The van der Waals surface area contributed by atoms with Crippen LogP contribution >= 0.6 is 0 Å². The van der Waals surface area contributed by atoms with Gasteiger partial charge in [-0.05, 0) is 77.2 Å². The van der Waals surface area contributed by atoms with Gasteiger partial charge in [-0.3, -0.25) is 18.8 Å². The number of fused-ring (bicyclic) bond motifs is 8. The summed E-state index contributed by atoms with van der Waals surface area (Å²) < 4.78 is 1.57. The number of aromatic nitrogens is 2. The number of anilines is 1. The summed E-state index contributed by atoms with van der Waals surface area (Å²) >= 11 is 0. The SMILES string of the molecule is O=C1c2cc(N=Nc3c(O)c(C(=O)Nc4ccccc4)cc4ccccc34)ccc2-c2ccc(N=Nc3c(O)cc4c(=O)n5c6ccccc6nc5c5cccc3c45)cc21. The lowest BCUT2D eigenvalue weighted by atomic mass is 10.0. The van der Waals surface area contributed by atoms with Crippen molar-refractivity contribution in [2.24, 2.45) is 20.5 Å². The smallest absolute Gasteiger partial charge is 0.264 e. The molecular weight excluding hydrogens is 755 g/mol. The number of hydrogen-bond acceptors (Lipinski definition) is 10. The lowest BCUT2D eigenvalue weighted by Crippen LogP contribution is -2.13. The normalized spacial score (nSPS) is 12.5. The highest BCUT2D eigenvalue weighted by molar-refractivity contribution is 6.22. The van der Waals surface area contributed by atoms with Crippen LogP contribution in [0.5, 0.6) is 11.5 Å². The van der Waals surface area contributed by atoms with Crippen LogP contribution in [0, 0.1) is 0 Å². The van der Waals surface area contributed by atoms with E-state index in [0.717, 1.165) is 5.39 Å². The fourth-order valence-electron chi connectivity index (χ4n) is 8.15. The van der Waals surface area contributed by atoms with Crippen LogP contribution in [-0.4, -0.2) is 31.3 Å². The Kier molecular flexibility index (Phi) is 7.62. The molecule has 12 heteroatoms. The molecule has 0 radical (unpaired) electrons. The molecular formula is C48H27N7O5. The highest BCUT2D eigenvalue weighted by Crippen LogP contribution is 2.44. The number of imidazole rings is 1. The van der Waals surface area contributed by atoms with E-state index in [2.05, 4.69) is 25.8 Å². The Hall–Kier alpha value is -8.64. The largest absolute Gasteiger partial charge is 0.506 e. The third-order valence-electron chi connectivity index (χ3n) is 10.9. The summed E-state index contributed by atoms with van der Waals surface area (Å²) in [5.41, 5.74) is 5.49. The molecule has 2 heterocycles. The predicted molar refractivity (Wildman–Crippen MR) is 231 cm³/mol. The maximum atomic E-state index is 13.9. The number of pyridine rings is 1. The van der Waals surface area contributed by atoms with Crippen molar-refractivity contribution in [2.45, 2.75) is 0 Å². The minimum absolute atomic E-state index is 0.0372. The van der Waals surface area contributed by atoms with Crippen molar-refractivity contribution < 1.29 is 19.8 Å². The Bertz CT molecular complexity index is 3620. The van der Waals surface area contributed by atoms with E-state index in [1.54, 1.807) is 89.3 Å². The highest BCUT2D eigenvalue weighted by Gasteiger charge is 2.28. The van der Waals surface area contributed by atoms with Crippen LogP contribution in [0.4, 0.5) is 28.4 Å². The van der Waals surface area contributed by atoms with Crippen molar-refractivity contribution >= 4 is 89.1 Å². The van der Waals surface area contributed by atoms with Crippen molar-refractivity contribution in [3.8, 4) is 22.6 Å². The average molecular weight is 782 g/mol. The molecule has 284 valence electrons. The molecule has 3 N–H and O–H groups in total. The van der Waals surface area contributed by atoms with Crippen molar-refractivity contribution in [2.75, 3.05) is 5.32 Å². The number of amides is 1. The number of azo groups is 2. The van der Waals surface area contributed by atoms with Gasteiger partial charge >= 0.3 is 0 Å². The van der Waals surface area contributed by atoms with Crippen LogP contribution < -0.4 is 10.9 Å². The Morgan fingerprint density at radius 2 is 1.23 bits per heavy atom. The van der Waals surface area contributed by atoms with Crippen molar-refractivity contribution in [3.63, 3.8) is 0 Å². The van der Waals surface area contributed by atoms with Gasteiger partial charge in [0, 0.05) is 38.4 Å². The van der Waals surface area contributed by atoms with E-state index in [4.69, 9.17) is 4.98 Å². The van der Waals surface area contributed by atoms with E-state index in [1.807, 2.05) is 54.6 Å². The van der Waals surface area contributed by atoms with Gasteiger partial charge in [-0.1, -0.05) is 84.9 Å². The summed E-state index contributed by atoms with van der Waals surface area (Å²) in [5, 5.41) is 46.6. The second-order valence-corrected chi connectivity index (χ2v) is 14.4.